The van der Waals surface area contributed by atoms with Crippen LogP contribution in [0.5, 0.6) is 0 Å². The second kappa shape index (κ2) is 12.2. The number of hydrogen-bond acceptors (Lipinski definition) is 4. The molecule has 164 valence electrons. The molecule has 1 aromatic heterocycles. The number of methoxy groups -OCH3 is 1. The van der Waals surface area contributed by atoms with E-state index in [1.165, 1.54) is 6.26 Å². The van der Waals surface area contributed by atoms with Gasteiger partial charge in [-0.25, -0.2) is 0 Å². The van der Waals surface area contributed by atoms with Crippen molar-refractivity contribution in [2.75, 3.05) is 46.4 Å². The summed E-state index contributed by atoms with van der Waals surface area (Å²) < 4.78 is 10.8. The predicted octanol–water partition coefficient (Wildman–Crippen LogP) is 3.66. The van der Waals surface area contributed by atoms with Crippen LogP contribution >= 0.6 is 35.6 Å². The van der Waals surface area contributed by atoms with E-state index in [0.717, 1.165) is 18.1 Å². The molecule has 0 bridgehead atoms. The number of rotatable bonds is 6. The minimum absolute atomic E-state index is 0. The van der Waals surface area contributed by atoms with E-state index >= 15 is 0 Å². The number of amides is 1. The van der Waals surface area contributed by atoms with Gasteiger partial charge in [0, 0.05) is 44.9 Å². The van der Waals surface area contributed by atoms with Gasteiger partial charge in [-0.2, -0.15) is 0 Å². The Balaban J connectivity index is 0.00000320. The first-order valence-corrected chi connectivity index (χ1v) is 10.1. The summed E-state index contributed by atoms with van der Waals surface area (Å²) in [4.78, 5) is 21.2. The molecule has 1 aliphatic heterocycles. The topological polar surface area (TPSA) is 70.3 Å². The van der Waals surface area contributed by atoms with E-state index in [9.17, 15) is 4.79 Å². The maximum atomic E-state index is 12.4. The molecule has 0 radical (unpaired) electrons. The summed E-state index contributed by atoms with van der Waals surface area (Å²) in [7, 11) is 1.67. The van der Waals surface area contributed by atoms with E-state index < -0.39 is 0 Å². The number of carbonyl (C=O) groups excluding carboxylic acids is 1. The van der Waals surface area contributed by atoms with E-state index in [1.54, 1.807) is 19.2 Å². The van der Waals surface area contributed by atoms with Crippen molar-refractivity contribution < 1.29 is 13.9 Å². The third-order valence-corrected chi connectivity index (χ3v) is 5.08. The monoisotopic (exact) mass is 546 g/mol. The molecule has 1 amide bonds. The Hall–Kier alpha value is -1.78. The smallest absolute Gasteiger partial charge is 0.289 e. The Kier molecular flexibility index (Phi) is 9.93. The maximum Gasteiger partial charge on any atom is 0.289 e. The number of piperazine rings is 1. The second-order valence-electron chi connectivity index (χ2n) is 6.73. The zero-order chi connectivity index (χ0) is 20.6. The van der Waals surface area contributed by atoms with E-state index in [1.807, 2.05) is 36.1 Å². The number of carbonyl (C=O) groups is 1. The average Bonchev–Trinajstić information content (AvgIpc) is 3.28. The number of aliphatic imine (C=N–C) groups is 1. The van der Waals surface area contributed by atoms with Crippen LogP contribution in [0.2, 0.25) is 5.02 Å². The van der Waals surface area contributed by atoms with Crippen LogP contribution in [0.3, 0.4) is 0 Å². The Morgan fingerprint density at radius 1 is 1.23 bits per heavy atom. The number of nitrogens with one attached hydrogen (secondary N) is 1. The first kappa shape index (κ1) is 24.5. The second-order valence-corrected chi connectivity index (χ2v) is 7.17. The molecule has 0 spiro atoms. The molecule has 2 aromatic rings. The highest BCUT2D eigenvalue weighted by Gasteiger charge is 2.25. The molecule has 1 N–H and O–H groups in total. The molecule has 30 heavy (non-hydrogen) atoms. The molecular formula is C21H28ClIN4O3. The zero-order valence-electron chi connectivity index (χ0n) is 17.2. The zero-order valence-corrected chi connectivity index (χ0v) is 20.3. The molecule has 1 fully saturated rings. The number of furan rings is 1. The Labute approximate surface area is 199 Å². The fourth-order valence-electron chi connectivity index (χ4n) is 3.30. The first-order chi connectivity index (χ1) is 14.1. The normalized spacial score (nSPS) is 15.5. The molecule has 1 atom stereocenters. The Bertz CT molecular complexity index is 823. The van der Waals surface area contributed by atoms with Gasteiger partial charge < -0.3 is 24.3 Å². The molecule has 3 rings (SSSR count). The molecule has 2 heterocycles. The van der Waals surface area contributed by atoms with E-state index in [-0.39, 0.29) is 36.0 Å². The van der Waals surface area contributed by atoms with Gasteiger partial charge >= 0.3 is 0 Å². The molecule has 1 aliphatic rings. The number of halogens is 2. The van der Waals surface area contributed by atoms with Gasteiger partial charge in [-0.05, 0) is 36.8 Å². The summed E-state index contributed by atoms with van der Waals surface area (Å²) in [5.41, 5.74) is 0.994. The highest BCUT2D eigenvalue weighted by atomic mass is 127. The molecular weight excluding hydrogens is 519 g/mol. The summed E-state index contributed by atoms with van der Waals surface area (Å²) >= 11 is 6.11. The van der Waals surface area contributed by atoms with E-state index in [0.29, 0.717) is 43.5 Å². The molecule has 1 saturated heterocycles. The molecule has 0 aliphatic carbocycles. The van der Waals surface area contributed by atoms with Crippen LogP contribution in [0.1, 0.15) is 29.1 Å². The molecule has 1 unspecified atom stereocenters. The minimum Gasteiger partial charge on any atom is -0.459 e. The number of guanidine groups is 1. The summed E-state index contributed by atoms with van der Waals surface area (Å²) in [5.74, 6) is 1.13. The maximum absolute atomic E-state index is 12.4. The van der Waals surface area contributed by atoms with Crippen LogP contribution in [0.15, 0.2) is 52.1 Å². The lowest BCUT2D eigenvalue weighted by Crippen LogP contribution is -2.53. The van der Waals surface area contributed by atoms with Gasteiger partial charge in [-0.15, -0.1) is 24.0 Å². The summed E-state index contributed by atoms with van der Waals surface area (Å²) in [6.45, 7) is 5.92. The Morgan fingerprint density at radius 2 is 1.97 bits per heavy atom. The van der Waals surface area contributed by atoms with Crippen LogP contribution in [0.4, 0.5) is 0 Å². The Morgan fingerprint density at radius 3 is 2.57 bits per heavy atom. The third-order valence-electron chi connectivity index (χ3n) is 4.85. The van der Waals surface area contributed by atoms with Crippen LogP contribution in [0, 0.1) is 0 Å². The molecule has 0 saturated carbocycles. The van der Waals surface area contributed by atoms with Gasteiger partial charge in [0.05, 0.1) is 12.8 Å². The number of benzene rings is 1. The minimum atomic E-state index is -0.177. The molecule has 7 nitrogen and oxygen atoms in total. The third kappa shape index (κ3) is 6.36. The summed E-state index contributed by atoms with van der Waals surface area (Å²) in [6, 6.07) is 11.1. The summed E-state index contributed by atoms with van der Waals surface area (Å²) in [5, 5.41) is 4.02. The highest BCUT2D eigenvalue weighted by molar-refractivity contribution is 14.0. The molecule has 9 heteroatoms. The van der Waals surface area contributed by atoms with Crippen molar-refractivity contribution in [3.63, 3.8) is 0 Å². The van der Waals surface area contributed by atoms with Crippen LogP contribution in [0.25, 0.3) is 0 Å². The van der Waals surface area contributed by atoms with E-state index in [4.69, 9.17) is 25.7 Å². The average molecular weight is 547 g/mol. The van der Waals surface area contributed by atoms with Crippen molar-refractivity contribution in [1.82, 2.24) is 15.1 Å². The lowest BCUT2D eigenvalue weighted by atomic mass is 10.1. The van der Waals surface area contributed by atoms with Crippen molar-refractivity contribution in [2.24, 2.45) is 4.99 Å². The highest BCUT2D eigenvalue weighted by Crippen LogP contribution is 2.21. The van der Waals surface area contributed by atoms with Crippen molar-refractivity contribution >= 4 is 47.4 Å². The van der Waals surface area contributed by atoms with E-state index in [2.05, 4.69) is 10.2 Å². The lowest BCUT2D eigenvalue weighted by molar-refractivity contribution is 0.0657. The summed E-state index contributed by atoms with van der Waals surface area (Å²) in [6.07, 6.45) is 1.34. The van der Waals surface area contributed by atoms with Gasteiger partial charge in [0.15, 0.2) is 11.7 Å². The fraction of sp³-hybridized carbons (Fsp3) is 0.429. The number of hydrogen-bond donors (Lipinski definition) is 1. The van der Waals surface area contributed by atoms with Crippen molar-refractivity contribution in [3.8, 4) is 0 Å². The van der Waals surface area contributed by atoms with Gasteiger partial charge in [-0.3, -0.25) is 9.79 Å². The van der Waals surface area contributed by atoms with Gasteiger partial charge in [0.1, 0.15) is 6.10 Å². The molecule has 1 aromatic carbocycles. The van der Waals surface area contributed by atoms with Gasteiger partial charge in [0.2, 0.25) is 0 Å². The first-order valence-electron chi connectivity index (χ1n) is 9.76. The van der Waals surface area contributed by atoms with Crippen molar-refractivity contribution in [1.29, 1.82) is 0 Å². The SMILES string of the molecule is CCNC(=NCC(OC)c1cccc(Cl)c1)N1CCN(C(=O)c2ccco2)CC1.I. The number of ether oxygens (including phenoxy) is 1. The standard InChI is InChI=1S/C21H27ClN4O3.HI/c1-3-23-21(24-15-19(28-2)16-6-4-7-17(22)14-16)26-11-9-25(10-12-26)20(27)18-8-5-13-29-18;/h4-8,13-14,19H,3,9-12,15H2,1-2H3,(H,23,24);1H. The van der Waals surface area contributed by atoms with Crippen molar-refractivity contribution in [3.05, 3.63) is 59.0 Å². The van der Waals surface area contributed by atoms with Crippen molar-refractivity contribution in [2.45, 2.75) is 13.0 Å². The fourth-order valence-corrected chi connectivity index (χ4v) is 3.49. The van der Waals surface area contributed by atoms with Crippen LogP contribution in [-0.4, -0.2) is 68.0 Å². The largest absolute Gasteiger partial charge is 0.459 e. The number of nitrogens with zero attached hydrogens (tertiary/aromatic N) is 3. The van der Waals surface area contributed by atoms with Crippen LogP contribution in [-0.2, 0) is 4.74 Å². The van der Waals surface area contributed by atoms with Gasteiger partial charge in [-0.1, -0.05) is 23.7 Å². The van der Waals surface area contributed by atoms with Gasteiger partial charge in [0.25, 0.3) is 5.91 Å². The van der Waals surface area contributed by atoms with Crippen LogP contribution < -0.4 is 5.32 Å². The predicted molar refractivity (Wildman–Crippen MR) is 129 cm³/mol. The lowest BCUT2D eigenvalue weighted by Gasteiger charge is -2.36. The quantitative estimate of drug-likeness (QED) is 0.340.